The molecule has 166 valence electrons. The number of thiocarbonyl (C=S) groups is 1. The van der Waals surface area contributed by atoms with Gasteiger partial charge < -0.3 is 9.47 Å². The molecule has 0 aliphatic carbocycles. The van der Waals surface area contributed by atoms with Crippen LogP contribution >= 0.6 is 44.1 Å². The molecule has 0 spiro atoms. The lowest BCUT2D eigenvalue weighted by Crippen LogP contribution is -2.50. The zero-order chi connectivity index (χ0) is 23.1. The predicted molar refractivity (Wildman–Crippen MR) is 134 cm³/mol. The van der Waals surface area contributed by atoms with E-state index in [1.54, 1.807) is 12.1 Å². The number of carbonyl (C=O) groups excluding carboxylic acids is 2. The van der Waals surface area contributed by atoms with Crippen molar-refractivity contribution < 1.29 is 19.1 Å². The van der Waals surface area contributed by atoms with E-state index in [9.17, 15) is 9.59 Å². The molecule has 0 unspecified atom stereocenters. The molecule has 3 N–H and O–H groups in total. The molecular weight excluding hydrogens is 562 g/mol. The van der Waals surface area contributed by atoms with Gasteiger partial charge in [0, 0.05) is 0 Å². The zero-order valence-corrected chi connectivity index (χ0v) is 20.9. The monoisotopic (exact) mass is 579 g/mol. The average molecular weight is 581 g/mol. The normalized spacial score (nSPS) is 10.3. The summed E-state index contributed by atoms with van der Waals surface area (Å²) in [5.74, 6) is 0.131. The largest absolute Gasteiger partial charge is 0.483 e. The number of rotatable bonds is 6. The van der Waals surface area contributed by atoms with Crippen molar-refractivity contribution >= 4 is 71.8 Å². The van der Waals surface area contributed by atoms with Gasteiger partial charge >= 0.3 is 0 Å². The Balaban J connectivity index is 1.40. The number of hydrogen-bond donors (Lipinski definition) is 3. The summed E-state index contributed by atoms with van der Waals surface area (Å²) in [5, 5.41) is 4.38. The first-order chi connectivity index (χ1) is 15.3. The first-order valence-electron chi connectivity index (χ1n) is 9.41. The maximum atomic E-state index is 12.0. The lowest BCUT2D eigenvalue weighted by atomic mass is 10.1. The molecule has 0 aliphatic rings. The maximum Gasteiger partial charge on any atom is 0.276 e. The Labute approximate surface area is 207 Å². The fourth-order valence-electron chi connectivity index (χ4n) is 2.69. The molecule has 0 radical (unpaired) electrons. The Morgan fingerprint density at radius 3 is 2.38 bits per heavy atom. The summed E-state index contributed by atoms with van der Waals surface area (Å²) < 4.78 is 12.5. The molecule has 3 aromatic rings. The average Bonchev–Trinajstić information content (AvgIpc) is 2.77. The molecule has 0 fully saturated rings. The van der Waals surface area contributed by atoms with E-state index in [2.05, 4.69) is 48.0 Å². The third kappa shape index (κ3) is 6.65. The van der Waals surface area contributed by atoms with Crippen LogP contribution in [0.25, 0.3) is 10.8 Å². The van der Waals surface area contributed by atoms with E-state index < -0.39 is 11.8 Å². The maximum absolute atomic E-state index is 12.0. The Morgan fingerprint density at radius 1 is 0.906 bits per heavy atom. The van der Waals surface area contributed by atoms with Gasteiger partial charge in [0.05, 0.1) is 8.95 Å². The van der Waals surface area contributed by atoms with Gasteiger partial charge in [-0.2, -0.15) is 0 Å². The van der Waals surface area contributed by atoms with Crippen molar-refractivity contribution in [2.24, 2.45) is 0 Å². The van der Waals surface area contributed by atoms with Gasteiger partial charge in [0.25, 0.3) is 11.8 Å². The van der Waals surface area contributed by atoms with Gasteiger partial charge in [0.15, 0.2) is 18.3 Å². The summed E-state index contributed by atoms with van der Waals surface area (Å²) in [4.78, 5) is 24.0. The minimum atomic E-state index is -0.472. The number of aryl methyl sites for hydroxylation is 1. The molecule has 7 nitrogen and oxygen atoms in total. The summed E-state index contributed by atoms with van der Waals surface area (Å²) in [6.07, 6.45) is 0. The van der Waals surface area contributed by atoms with Gasteiger partial charge in [0.2, 0.25) is 0 Å². The molecule has 2 amide bonds. The second kappa shape index (κ2) is 11.3. The number of hydrogen-bond acceptors (Lipinski definition) is 5. The van der Waals surface area contributed by atoms with E-state index in [-0.39, 0.29) is 18.3 Å². The fraction of sp³-hybridized carbons (Fsp3) is 0.136. The number of hydrazine groups is 1. The standard InChI is InChI=1S/C22H19Br2N3O4S/c1-13-6-8-17(16(23)10-13)30-11-19(28)25-22(32)27-26-20(29)12-31-18-9-7-14-4-2-3-5-15(14)21(18)24/h2-10H,11-12H2,1H3,(H,26,29)(H2,25,27,28,32). The molecule has 3 rings (SSSR count). The third-order valence-corrected chi connectivity index (χ3v) is 5.84. The van der Waals surface area contributed by atoms with Gasteiger partial charge in [-0.15, -0.1) is 0 Å². The molecule has 0 atom stereocenters. The predicted octanol–water partition coefficient (Wildman–Crippen LogP) is 4.15. The third-order valence-electron chi connectivity index (χ3n) is 4.20. The van der Waals surface area contributed by atoms with Gasteiger partial charge in [-0.05, 0) is 85.5 Å². The summed E-state index contributed by atoms with van der Waals surface area (Å²) in [5.41, 5.74) is 5.89. The van der Waals surface area contributed by atoms with Crippen molar-refractivity contribution in [1.82, 2.24) is 16.2 Å². The van der Waals surface area contributed by atoms with Crippen molar-refractivity contribution in [3.63, 3.8) is 0 Å². The van der Waals surface area contributed by atoms with Crippen LogP contribution in [0.2, 0.25) is 0 Å². The number of carbonyl (C=O) groups is 2. The minimum absolute atomic E-state index is 0.0678. The summed E-state index contributed by atoms with van der Waals surface area (Å²) in [7, 11) is 0. The lowest BCUT2D eigenvalue weighted by Gasteiger charge is -2.13. The Bertz CT molecular complexity index is 1170. The van der Waals surface area contributed by atoms with Crippen molar-refractivity contribution in [3.8, 4) is 11.5 Å². The van der Waals surface area contributed by atoms with Crippen LogP contribution in [0.4, 0.5) is 0 Å². The van der Waals surface area contributed by atoms with Gasteiger partial charge in [-0.25, -0.2) is 0 Å². The van der Waals surface area contributed by atoms with Crippen LogP contribution in [0.5, 0.6) is 11.5 Å². The van der Waals surface area contributed by atoms with E-state index >= 15 is 0 Å². The molecule has 0 saturated carbocycles. The van der Waals surface area contributed by atoms with Crippen molar-refractivity contribution in [1.29, 1.82) is 0 Å². The molecule has 0 aliphatic heterocycles. The number of nitrogens with one attached hydrogen (secondary N) is 3. The van der Waals surface area contributed by atoms with Gasteiger partial charge in [-0.3, -0.25) is 25.8 Å². The summed E-state index contributed by atoms with van der Waals surface area (Å²) in [6, 6.07) is 17.0. The van der Waals surface area contributed by atoms with Crippen LogP contribution in [0.3, 0.4) is 0 Å². The zero-order valence-electron chi connectivity index (χ0n) is 16.9. The molecule has 0 aromatic heterocycles. The SMILES string of the molecule is Cc1ccc(OCC(=O)NC(=S)NNC(=O)COc2ccc3ccccc3c2Br)c(Br)c1. The lowest BCUT2D eigenvalue weighted by molar-refractivity contribution is -0.124. The molecule has 32 heavy (non-hydrogen) atoms. The highest BCUT2D eigenvalue weighted by Gasteiger charge is 2.11. The summed E-state index contributed by atoms with van der Waals surface area (Å²) >= 11 is 11.9. The van der Waals surface area contributed by atoms with Gasteiger partial charge in [0.1, 0.15) is 11.5 Å². The van der Waals surface area contributed by atoms with Crippen molar-refractivity contribution in [2.75, 3.05) is 13.2 Å². The van der Waals surface area contributed by atoms with E-state index in [0.29, 0.717) is 11.5 Å². The van der Waals surface area contributed by atoms with E-state index in [1.165, 1.54) is 0 Å². The number of amides is 2. The Hall–Kier alpha value is -2.69. The Morgan fingerprint density at radius 2 is 1.59 bits per heavy atom. The first kappa shape index (κ1) is 24.0. The van der Waals surface area contributed by atoms with Crippen LogP contribution < -0.4 is 25.6 Å². The van der Waals surface area contributed by atoms with Crippen LogP contribution in [0.1, 0.15) is 5.56 Å². The molecule has 10 heteroatoms. The van der Waals surface area contributed by atoms with Crippen molar-refractivity contribution in [2.45, 2.75) is 6.92 Å². The minimum Gasteiger partial charge on any atom is -0.483 e. The molecule has 0 heterocycles. The highest BCUT2D eigenvalue weighted by atomic mass is 79.9. The smallest absolute Gasteiger partial charge is 0.276 e. The van der Waals surface area contributed by atoms with E-state index in [4.69, 9.17) is 21.7 Å². The number of benzene rings is 3. The second-order valence-electron chi connectivity index (χ2n) is 6.66. The van der Waals surface area contributed by atoms with Crippen LogP contribution in [0, 0.1) is 6.92 Å². The van der Waals surface area contributed by atoms with E-state index in [1.807, 2.05) is 49.4 Å². The van der Waals surface area contributed by atoms with Crippen LogP contribution in [-0.2, 0) is 9.59 Å². The second-order valence-corrected chi connectivity index (χ2v) is 8.72. The highest BCUT2D eigenvalue weighted by Crippen LogP contribution is 2.33. The molecule has 0 saturated heterocycles. The number of halogens is 2. The first-order valence-corrected chi connectivity index (χ1v) is 11.4. The Kier molecular flexibility index (Phi) is 8.43. The van der Waals surface area contributed by atoms with Crippen LogP contribution in [0.15, 0.2) is 63.5 Å². The van der Waals surface area contributed by atoms with Gasteiger partial charge in [-0.1, -0.05) is 36.4 Å². The van der Waals surface area contributed by atoms with Crippen molar-refractivity contribution in [3.05, 3.63) is 69.1 Å². The molecule has 3 aromatic carbocycles. The molecular formula is C22H19Br2N3O4S. The number of fused-ring (bicyclic) bond motifs is 1. The fourth-order valence-corrected chi connectivity index (χ4v) is 4.07. The van der Waals surface area contributed by atoms with Crippen LogP contribution in [-0.4, -0.2) is 30.1 Å². The molecule has 0 bridgehead atoms. The highest BCUT2D eigenvalue weighted by molar-refractivity contribution is 9.11. The topological polar surface area (TPSA) is 88.7 Å². The number of ether oxygens (including phenoxy) is 2. The summed E-state index contributed by atoms with van der Waals surface area (Å²) in [6.45, 7) is 1.47. The van der Waals surface area contributed by atoms with E-state index in [0.717, 1.165) is 25.3 Å². The quantitative estimate of drug-likeness (QED) is 0.300.